The number of guanidine groups is 1. The van der Waals surface area contributed by atoms with Crippen molar-refractivity contribution in [3.05, 3.63) is 48.0 Å². The molecule has 21 heavy (non-hydrogen) atoms. The largest absolute Gasteiger partial charge is 0.356 e. The Morgan fingerprint density at radius 2 is 1.71 bits per heavy atom. The number of halogens is 1. The number of hydrogen-bond acceptors (Lipinski definition) is 1. The molecule has 2 rings (SSSR count). The van der Waals surface area contributed by atoms with E-state index in [1.807, 2.05) is 7.05 Å². The summed E-state index contributed by atoms with van der Waals surface area (Å²) < 4.78 is 0. The predicted molar refractivity (Wildman–Crippen MR) is 103 cm³/mol. The topological polar surface area (TPSA) is 36.4 Å². The van der Waals surface area contributed by atoms with Crippen molar-refractivity contribution in [3.8, 4) is 0 Å². The van der Waals surface area contributed by atoms with Crippen LogP contribution >= 0.6 is 24.0 Å². The summed E-state index contributed by atoms with van der Waals surface area (Å²) in [4.78, 5) is 4.21. The highest BCUT2D eigenvalue weighted by Crippen LogP contribution is 2.18. The minimum atomic E-state index is 0. The zero-order valence-corrected chi connectivity index (χ0v) is 15.1. The summed E-state index contributed by atoms with van der Waals surface area (Å²) in [5.41, 5.74) is 1.38. The van der Waals surface area contributed by atoms with Crippen LogP contribution in [0.3, 0.4) is 0 Å². The lowest BCUT2D eigenvalue weighted by Gasteiger charge is -2.12. The van der Waals surface area contributed by atoms with Crippen molar-refractivity contribution in [1.29, 1.82) is 0 Å². The normalized spacial score (nSPS) is 11.0. The summed E-state index contributed by atoms with van der Waals surface area (Å²) in [6, 6.07) is 15.0. The van der Waals surface area contributed by atoms with Crippen molar-refractivity contribution >= 4 is 40.7 Å². The van der Waals surface area contributed by atoms with Crippen molar-refractivity contribution in [3.63, 3.8) is 0 Å². The Kier molecular flexibility index (Phi) is 8.12. The molecule has 0 radical (unpaired) electrons. The van der Waals surface area contributed by atoms with E-state index < -0.39 is 0 Å². The van der Waals surface area contributed by atoms with E-state index in [0.717, 1.165) is 31.9 Å². The van der Waals surface area contributed by atoms with Gasteiger partial charge in [0, 0.05) is 20.1 Å². The molecule has 2 aromatic rings. The fourth-order valence-corrected chi connectivity index (χ4v) is 2.29. The van der Waals surface area contributed by atoms with E-state index in [9.17, 15) is 0 Å². The summed E-state index contributed by atoms with van der Waals surface area (Å²) in [7, 11) is 1.81. The van der Waals surface area contributed by atoms with Gasteiger partial charge in [-0.3, -0.25) is 4.99 Å². The second kappa shape index (κ2) is 9.60. The molecule has 0 bridgehead atoms. The van der Waals surface area contributed by atoms with Crippen LogP contribution in [0.4, 0.5) is 0 Å². The van der Waals surface area contributed by atoms with Gasteiger partial charge in [-0.2, -0.15) is 0 Å². The first-order valence-corrected chi connectivity index (χ1v) is 7.26. The van der Waals surface area contributed by atoms with Crippen molar-refractivity contribution < 1.29 is 0 Å². The first kappa shape index (κ1) is 17.8. The maximum atomic E-state index is 4.21. The lowest BCUT2D eigenvalue weighted by Crippen LogP contribution is -2.38. The average molecular weight is 397 g/mol. The fourth-order valence-electron chi connectivity index (χ4n) is 2.29. The summed E-state index contributed by atoms with van der Waals surface area (Å²) in [6.07, 6.45) is 2.10. The van der Waals surface area contributed by atoms with Crippen LogP contribution in [-0.4, -0.2) is 26.1 Å². The average Bonchev–Trinajstić information content (AvgIpc) is 2.51. The van der Waals surface area contributed by atoms with Gasteiger partial charge in [0.15, 0.2) is 5.96 Å². The molecule has 4 heteroatoms. The molecule has 2 aromatic carbocycles. The van der Waals surface area contributed by atoms with Gasteiger partial charge < -0.3 is 10.6 Å². The molecular formula is C17H24IN3. The summed E-state index contributed by atoms with van der Waals surface area (Å²) in [5.74, 6) is 0.882. The first-order chi connectivity index (χ1) is 9.85. The van der Waals surface area contributed by atoms with E-state index in [0.29, 0.717) is 0 Å². The minimum Gasteiger partial charge on any atom is -0.356 e. The van der Waals surface area contributed by atoms with E-state index in [4.69, 9.17) is 0 Å². The third-order valence-corrected chi connectivity index (χ3v) is 3.33. The first-order valence-electron chi connectivity index (χ1n) is 7.26. The summed E-state index contributed by atoms with van der Waals surface area (Å²) in [6.45, 7) is 3.99. The molecule has 0 aliphatic heterocycles. The number of nitrogens with one attached hydrogen (secondary N) is 2. The molecule has 0 saturated heterocycles. The Balaban J connectivity index is 0.00000220. The Bertz CT molecular complexity index is 576. The second-order valence-electron chi connectivity index (χ2n) is 4.81. The zero-order chi connectivity index (χ0) is 14.2. The highest BCUT2D eigenvalue weighted by Gasteiger charge is 2.01. The number of benzene rings is 2. The van der Waals surface area contributed by atoms with Crippen molar-refractivity contribution in [2.24, 2.45) is 4.99 Å². The monoisotopic (exact) mass is 397 g/mol. The van der Waals surface area contributed by atoms with Crippen LogP contribution in [0.25, 0.3) is 10.8 Å². The molecule has 0 amide bonds. The van der Waals surface area contributed by atoms with Gasteiger partial charge in [0.2, 0.25) is 0 Å². The standard InChI is InChI=1S/C17H23N3.HI/c1-3-12-19-17(18-2)20-13-11-15-9-6-8-14-7-4-5-10-16(14)15;/h4-10H,3,11-13H2,1-2H3,(H2,18,19,20);1H. The molecule has 0 heterocycles. The molecule has 0 aliphatic rings. The van der Waals surface area contributed by atoms with E-state index in [1.54, 1.807) is 0 Å². The Labute approximate surface area is 144 Å². The van der Waals surface area contributed by atoms with Gasteiger partial charge in [0.1, 0.15) is 0 Å². The second-order valence-corrected chi connectivity index (χ2v) is 4.81. The van der Waals surface area contributed by atoms with Crippen LogP contribution in [0, 0.1) is 0 Å². The van der Waals surface area contributed by atoms with Crippen LogP contribution in [0.1, 0.15) is 18.9 Å². The zero-order valence-electron chi connectivity index (χ0n) is 12.7. The van der Waals surface area contributed by atoms with Crippen LogP contribution in [0.2, 0.25) is 0 Å². The van der Waals surface area contributed by atoms with Gasteiger partial charge in [0.25, 0.3) is 0 Å². The van der Waals surface area contributed by atoms with E-state index in [1.165, 1.54) is 16.3 Å². The quantitative estimate of drug-likeness (QED) is 0.460. The van der Waals surface area contributed by atoms with Crippen LogP contribution in [-0.2, 0) is 6.42 Å². The number of aliphatic imine (C=N–C) groups is 1. The van der Waals surface area contributed by atoms with Crippen molar-refractivity contribution in [2.45, 2.75) is 19.8 Å². The smallest absolute Gasteiger partial charge is 0.190 e. The van der Waals surface area contributed by atoms with E-state index in [-0.39, 0.29) is 24.0 Å². The van der Waals surface area contributed by atoms with E-state index >= 15 is 0 Å². The number of nitrogens with zero attached hydrogens (tertiary/aromatic N) is 1. The minimum absolute atomic E-state index is 0. The maximum absolute atomic E-state index is 4.21. The lowest BCUT2D eigenvalue weighted by molar-refractivity contribution is 0.775. The molecule has 0 fully saturated rings. The van der Waals surface area contributed by atoms with Crippen LogP contribution < -0.4 is 10.6 Å². The summed E-state index contributed by atoms with van der Waals surface area (Å²) in [5, 5.41) is 9.28. The maximum Gasteiger partial charge on any atom is 0.190 e. The van der Waals surface area contributed by atoms with Gasteiger partial charge in [-0.1, -0.05) is 49.4 Å². The van der Waals surface area contributed by atoms with Crippen molar-refractivity contribution in [2.75, 3.05) is 20.1 Å². The Morgan fingerprint density at radius 1 is 1.00 bits per heavy atom. The van der Waals surface area contributed by atoms with Crippen LogP contribution in [0.15, 0.2) is 47.5 Å². The molecule has 0 atom stereocenters. The third-order valence-electron chi connectivity index (χ3n) is 3.33. The molecule has 114 valence electrons. The molecular weight excluding hydrogens is 373 g/mol. The molecule has 2 N–H and O–H groups in total. The lowest BCUT2D eigenvalue weighted by atomic mass is 10.0. The molecule has 0 spiro atoms. The number of hydrogen-bond donors (Lipinski definition) is 2. The Morgan fingerprint density at radius 3 is 2.48 bits per heavy atom. The van der Waals surface area contributed by atoms with Gasteiger partial charge in [0.05, 0.1) is 0 Å². The van der Waals surface area contributed by atoms with Gasteiger partial charge in [-0.25, -0.2) is 0 Å². The van der Waals surface area contributed by atoms with Crippen LogP contribution in [0.5, 0.6) is 0 Å². The highest BCUT2D eigenvalue weighted by molar-refractivity contribution is 14.0. The highest BCUT2D eigenvalue weighted by atomic mass is 127. The molecule has 3 nitrogen and oxygen atoms in total. The van der Waals surface area contributed by atoms with E-state index in [2.05, 4.69) is 65.0 Å². The molecule has 0 saturated carbocycles. The molecule has 0 unspecified atom stereocenters. The van der Waals surface area contributed by atoms with Gasteiger partial charge >= 0.3 is 0 Å². The number of fused-ring (bicyclic) bond motifs is 1. The Hall–Kier alpha value is -1.30. The predicted octanol–water partition coefficient (Wildman–Crippen LogP) is 3.58. The number of rotatable bonds is 5. The SMILES string of the molecule is CCCNC(=NC)NCCc1cccc2ccccc12.I. The third kappa shape index (κ3) is 5.19. The molecule has 0 aromatic heterocycles. The molecule has 0 aliphatic carbocycles. The fraction of sp³-hybridized carbons (Fsp3) is 0.353. The van der Waals surface area contributed by atoms with Gasteiger partial charge in [-0.15, -0.1) is 24.0 Å². The van der Waals surface area contributed by atoms with Gasteiger partial charge in [-0.05, 0) is 29.2 Å². The summed E-state index contributed by atoms with van der Waals surface area (Å²) >= 11 is 0. The van der Waals surface area contributed by atoms with Crippen molar-refractivity contribution in [1.82, 2.24) is 10.6 Å².